The molecule has 0 aliphatic rings. The van der Waals surface area contributed by atoms with Gasteiger partial charge in [0.15, 0.2) is 0 Å². The number of carbonyl (C=O) groups excluding carboxylic acids is 1. The van der Waals surface area contributed by atoms with Gasteiger partial charge in [-0.1, -0.05) is 4.49 Å². The minimum Gasteiger partial charge on any atom is -0.346 e. The molecule has 0 spiro atoms. The lowest BCUT2D eigenvalue weighted by atomic mass is 10.3. The van der Waals surface area contributed by atoms with E-state index in [-0.39, 0.29) is 5.91 Å². The fourth-order valence-electron chi connectivity index (χ4n) is 1.13. The van der Waals surface area contributed by atoms with Crippen LogP contribution >= 0.6 is 38.8 Å². The minimum absolute atomic E-state index is 0.118. The van der Waals surface area contributed by atoms with Crippen LogP contribution in [0.15, 0.2) is 15.9 Å². The molecule has 7 heteroatoms. The maximum absolute atomic E-state index is 11.7. The van der Waals surface area contributed by atoms with Gasteiger partial charge in [-0.15, -0.1) is 16.4 Å². The third kappa shape index (κ3) is 2.47. The fraction of sp³-hybridized carbons (Fsp3) is 0.222. The highest BCUT2D eigenvalue weighted by atomic mass is 79.9. The number of carbonyl (C=O) groups is 1. The lowest BCUT2D eigenvalue weighted by molar-refractivity contribution is 0.0954. The Morgan fingerprint density at radius 2 is 2.44 bits per heavy atom. The highest BCUT2D eigenvalue weighted by Crippen LogP contribution is 2.22. The van der Waals surface area contributed by atoms with Crippen molar-refractivity contribution in [3.05, 3.63) is 31.4 Å². The van der Waals surface area contributed by atoms with Crippen LogP contribution in [0.1, 0.15) is 20.2 Å². The van der Waals surface area contributed by atoms with Crippen LogP contribution in [0.2, 0.25) is 0 Å². The van der Waals surface area contributed by atoms with Gasteiger partial charge in [0, 0.05) is 9.35 Å². The van der Waals surface area contributed by atoms with Gasteiger partial charge < -0.3 is 5.32 Å². The van der Waals surface area contributed by atoms with Crippen molar-refractivity contribution < 1.29 is 4.79 Å². The molecule has 0 aliphatic heterocycles. The lowest BCUT2D eigenvalue weighted by Gasteiger charge is -2.01. The zero-order chi connectivity index (χ0) is 11.5. The van der Waals surface area contributed by atoms with Crippen LogP contribution in [0.4, 0.5) is 0 Å². The van der Waals surface area contributed by atoms with E-state index in [2.05, 4.69) is 30.8 Å². The highest BCUT2D eigenvalue weighted by Gasteiger charge is 2.13. The van der Waals surface area contributed by atoms with Crippen molar-refractivity contribution in [3.63, 3.8) is 0 Å². The molecule has 0 bridgehead atoms. The Hall–Kier alpha value is -0.790. The molecule has 4 nitrogen and oxygen atoms in total. The molecule has 2 heterocycles. The van der Waals surface area contributed by atoms with Gasteiger partial charge >= 0.3 is 0 Å². The number of nitrogens with zero attached hydrogens (tertiary/aromatic N) is 2. The Labute approximate surface area is 109 Å². The molecule has 84 valence electrons. The molecule has 0 aromatic carbocycles. The van der Waals surface area contributed by atoms with Gasteiger partial charge in [0.2, 0.25) is 0 Å². The number of halogens is 1. The fourth-order valence-corrected chi connectivity index (χ4v) is 3.14. The van der Waals surface area contributed by atoms with Crippen molar-refractivity contribution in [2.45, 2.75) is 13.5 Å². The standard InChI is InChI=1S/C9H8BrN3OS2/c1-5-8(16-13-12-5)9(14)11-4-7-6(10)2-3-15-7/h2-3H,4H2,1H3,(H,11,14). The number of hydrogen-bond donors (Lipinski definition) is 1. The third-order valence-corrected chi connectivity index (χ3v) is 4.71. The summed E-state index contributed by atoms with van der Waals surface area (Å²) < 4.78 is 4.75. The van der Waals surface area contributed by atoms with Crippen LogP contribution in [-0.4, -0.2) is 15.5 Å². The van der Waals surface area contributed by atoms with Gasteiger partial charge in [0.25, 0.3) is 5.91 Å². The van der Waals surface area contributed by atoms with Crippen molar-refractivity contribution in [1.29, 1.82) is 0 Å². The summed E-state index contributed by atoms with van der Waals surface area (Å²) in [4.78, 5) is 13.4. The second-order valence-electron chi connectivity index (χ2n) is 3.06. The number of aryl methyl sites for hydroxylation is 1. The van der Waals surface area contributed by atoms with Crippen molar-refractivity contribution >= 4 is 44.7 Å². The number of amides is 1. The predicted octanol–water partition coefficient (Wildman–Crippen LogP) is 2.60. The van der Waals surface area contributed by atoms with Crippen LogP contribution < -0.4 is 5.32 Å². The van der Waals surface area contributed by atoms with Gasteiger partial charge in [-0.25, -0.2) is 0 Å². The van der Waals surface area contributed by atoms with E-state index in [0.29, 0.717) is 17.1 Å². The van der Waals surface area contributed by atoms with E-state index in [1.54, 1.807) is 18.3 Å². The summed E-state index contributed by atoms with van der Waals surface area (Å²) in [6, 6.07) is 1.96. The molecule has 1 N–H and O–H groups in total. The Morgan fingerprint density at radius 3 is 3.00 bits per heavy atom. The lowest BCUT2D eigenvalue weighted by Crippen LogP contribution is -2.22. The summed E-state index contributed by atoms with van der Waals surface area (Å²) in [7, 11) is 0. The van der Waals surface area contributed by atoms with Gasteiger partial charge in [-0.2, -0.15) is 0 Å². The first-order valence-corrected chi connectivity index (χ1v) is 6.92. The molecule has 2 aromatic rings. The molecule has 0 radical (unpaired) electrons. The summed E-state index contributed by atoms with van der Waals surface area (Å²) >= 11 is 6.14. The molecular weight excluding hydrogens is 310 g/mol. The topological polar surface area (TPSA) is 54.9 Å². The molecule has 0 saturated heterocycles. The second-order valence-corrected chi connectivity index (χ2v) is 5.67. The number of nitrogens with one attached hydrogen (secondary N) is 1. The van der Waals surface area contributed by atoms with Crippen LogP contribution in [0.25, 0.3) is 0 Å². The van der Waals surface area contributed by atoms with Crippen molar-refractivity contribution in [3.8, 4) is 0 Å². The molecule has 0 aliphatic carbocycles. The Bertz CT molecular complexity index is 508. The summed E-state index contributed by atoms with van der Waals surface area (Å²) in [6.45, 7) is 2.30. The summed E-state index contributed by atoms with van der Waals surface area (Å²) in [6.07, 6.45) is 0. The Balaban J connectivity index is 1.99. The summed E-state index contributed by atoms with van der Waals surface area (Å²) in [5, 5.41) is 8.62. The van der Waals surface area contributed by atoms with E-state index in [4.69, 9.17) is 0 Å². The van der Waals surface area contributed by atoms with Gasteiger partial charge in [0.05, 0.1) is 12.2 Å². The quantitative estimate of drug-likeness (QED) is 0.946. The first-order valence-electron chi connectivity index (χ1n) is 4.47. The SMILES string of the molecule is Cc1nnsc1C(=O)NCc1sccc1Br. The summed E-state index contributed by atoms with van der Waals surface area (Å²) in [5.74, 6) is -0.118. The van der Waals surface area contributed by atoms with Gasteiger partial charge in [-0.3, -0.25) is 4.79 Å². The molecule has 0 unspecified atom stereocenters. The maximum atomic E-state index is 11.7. The number of hydrogen-bond acceptors (Lipinski definition) is 5. The van der Waals surface area contributed by atoms with E-state index in [1.807, 2.05) is 11.4 Å². The van der Waals surface area contributed by atoms with Crippen molar-refractivity contribution in [1.82, 2.24) is 14.9 Å². The monoisotopic (exact) mass is 317 g/mol. The second kappa shape index (κ2) is 5.03. The van der Waals surface area contributed by atoms with E-state index in [0.717, 1.165) is 20.9 Å². The molecule has 16 heavy (non-hydrogen) atoms. The van der Waals surface area contributed by atoms with Crippen LogP contribution in [0.3, 0.4) is 0 Å². The maximum Gasteiger partial charge on any atom is 0.265 e. The molecule has 0 fully saturated rings. The zero-order valence-corrected chi connectivity index (χ0v) is 11.6. The number of aromatic nitrogens is 2. The van der Waals surface area contributed by atoms with E-state index in [1.165, 1.54) is 0 Å². The molecule has 1 amide bonds. The van der Waals surface area contributed by atoms with Gasteiger partial charge in [-0.05, 0) is 45.8 Å². The third-order valence-electron chi connectivity index (χ3n) is 1.96. The largest absolute Gasteiger partial charge is 0.346 e. The van der Waals surface area contributed by atoms with Crippen LogP contribution in [-0.2, 0) is 6.54 Å². The molecule has 0 saturated carbocycles. The van der Waals surface area contributed by atoms with Crippen molar-refractivity contribution in [2.24, 2.45) is 0 Å². The minimum atomic E-state index is -0.118. The van der Waals surface area contributed by atoms with E-state index >= 15 is 0 Å². The normalized spacial score (nSPS) is 10.4. The first-order chi connectivity index (χ1) is 7.68. The molecule has 2 aromatic heterocycles. The predicted molar refractivity (Wildman–Crippen MR) is 67.8 cm³/mol. The van der Waals surface area contributed by atoms with Crippen LogP contribution in [0, 0.1) is 6.92 Å². The zero-order valence-electron chi connectivity index (χ0n) is 8.36. The van der Waals surface area contributed by atoms with Crippen molar-refractivity contribution in [2.75, 3.05) is 0 Å². The molecule has 0 atom stereocenters. The number of rotatable bonds is 3. The average Bonchev–Trinajstić information content (AvgIpc) is 2.84. The smallest absolute Gasteiger partial charge is 0.265 e. The molecule has 2 rings (SSSR count). The number of thiophene rings is 1. The van der Waals surface area contributed by atoms with Gasteiger partial charge in [0.1, 0.15) is 4.88 Å². The molecular formula is C9H8BrN3OS2. The Kier molecular flexibility index (Phi) is 3.67. The average molecular weight is 318 g/mol. The van der Waals surface area contributed by atoms with Crippen LogP contribution in [0.5, 0.6) is 0 Å². The van der Waals surface area contributed by atoms with E-state index < -0.39 is 0 Å². The highest BCUT2D eigenvalue weighted by molar-refractivity contribution is 9.10. The Morgan fingerprint density at radius 1 is 1.62 bits per heavy atom. The first kappa shape index (κ1) is 11.7. The van der Waals surface area contributed by atoms with E-state index in [9.17, 15) is 4.79 Å². The summed E-state index contributed by atoms with van der Waals surface area (Å²) in [5.41, 5.74) is 0.674.